The number of ether oxygens (including phenoxy) is 3. The first-order valence-electron chi connectivity index (χ1n) is 12.1. The van der Waals surface area contributed by atoms with Gasteiger partial charge in [0.2, 0.25) is 0 Å². The van der Waals surface area contributed by atoms with E-state index >= 15 is 0 Å². The molecule has 2 aromatic heterocycles. The van der Waals surface area contributed by atoms with E-state index in [1.54, 1.807) is 24.4 Å². The number of nitrogens with one attached hydrogen (secondary N) is 1. The van der Waals surface area contributed by atoms with Crippen molar-refractivity contribution in [3.05, 3.63) is 72.8 Å². The largest absolute Gasteiger partial charge is 0.493 e. The number of aromatic nitrogens is 4. The molecule has 0 amide bonds. The van der Waals surface area contributed by atoms with Crippen LogP contribution in [-0.2, 0) is 11.8 Å². The van der Waals surface area contributed by atoms with Crippen LogP contribution < -0.4 is 14.8 Å². The van der Waals surface area contributed by atoms with Crippen molar-refractivity contribution < 1.29 is 14.2 Å². The highest BCUT2D eigenvalue weighted by Crippen LogP contribution is 2.31. The minimum Gasteiger partial charge on any atom is -0.493 e. The summed E-state index contributed by atoms with van der Waals surface area (Å²) in [7, 11) is 1.98. The third kappa shape index (κ3) is 5.95. The van der Waals surface area contributed by atoms with Gasteiger partial charge in [-0.25, -0.2) is 15.0 Å². The van der Waals surface area contributed by atoms with Crippen LogP contribution in [0.5, 0.6) is 17.2 Å². The molecular formula is C28H29N5O3S. The molecule has 0 aliphatic rings. The third-order valence-corrected chi connectivity index (χ3v) is 6.63. The van der Waals surface area contributed by atoms with E-state index in [9.17, 15) is 0 Å². The van der Waals surface area contributed by atoms with Crippen molar-refractivity contribution in [2.45, 2.75) is 13.8 Å². The Bertz CT molecular complexity index is 1520. The van der Waals surface area contributed by atoms with Crippen molar-refractivity contribution >= 4 is 45.2 Å². The van der Waals surface area contributed by atoms with E-state index in [2.05, 4.69) is 20.3 Å². The number of hydrogen-bond donors (Lipinski definition) is 1. The van der Waals surface area contributed by atoms with Crippen LogP contribution in [0.4, 0.5) is 11.5 Å². The lowest BCUT2D eigenvalue weighted by molar-refractivity contribution is 0.199. The van der Waals surface area contributed by atoms with Crippen LogP contribution >= 0.6 is 11.8 Å². The fourth-order valence-corrected chi connectivity index (χ4v) is 4.53. The molecule has 37 heavy (non-hydrogen) atoms. The molecule has 0 fully saturated rings. The summed E-state index contributed by atoms with van der Waals surface area (Å²) in [6.07, 6.45) is 3.36. The van der Waals surface area contributed by atoms with Gasteiger partial charge in [-0.05, 0) is 61.9 Å². The van der Waals surface area contributed by atoms with E-state index < -0.39 is 0 Å². The van der Waals surface area contributed by atoms with Crippen LogP contribution in [0.25, 0.3) is 21.9 Å². The smallest absolute Gasteiger partial charge is 0.141 e. The number of rotatable bonds is 11. The van der Waals surface area contributed by atoms with Gasteiger partial charge in [0, 0.05) is 42.6 Å². The first-order chi connectivity index (χ1) is 18.1. The fourth-order valence-electron chi connectivity index (χ4n) is 3.93. The lowest BCUT2D eigenvalue weighted by Crippen LogP contribution is -2.02. The van der Waals surface area contributed by atoms with Crippen LogP contribution in [0.15, 0.2) is 67.3 Å². The number of imidazole rings is 1. The van der Waals surface area contributed by atoms with Crippen molar-refractivity contribution in [2.75, 3.05) is 30.2 Å². The Labute approximate surface area is 220 Å². The second kappa shape index (κ2) is 11.5. The Morgan fingerprint density at radius 1 is 0.946 bits per heavy atom. The highest BCUT2D eigenvalue weighted by atomic mass is 32.2. The minimum atomic E-state index is 0.614. The van der Waals surface area contributed by atoms with Gasteiger partial charge < -0.3 is 24.1 Å². The zero-order valence-electron chi connectivity index (χ0n) is 21.1. The predicted molar refractivity (Wildman–Crippen MR) is 149 cm³/mol. The minimum absolute atomic E-state index is 0.614. The summed E-state index contributed by atoms with van der Waals surface area (Å²) < 4.78 is 19.3. The number of nitrogens with zero attached hydrogens (tertiary/aromatic N) is 4. The van der Waals surface area contributed by atoms with Gasteiger partial charge >= 0.3 is 0 Å². The van der Waals surface area contributed by atoms with E-state index in [-0.39, 0.29) is 0 Å². The third-order valence-electron chi connectivity index (χ3n) is 5.84. The van der Waals surface area contributed by atoms with E-state index in [0.717, 1.165) is 68.6 Å². The molecule has 0 saturated carbocycles. The molecule has 0 bridgehead atoms. The van der Waals surface area contributed by atoms with Gasteiger partial charge in [0.05, 0.1) is 35.4 Å². The molecule has 0 unspecified atom stereocenters. The SMILES string of the molecule is CCOCSCCOc1ccc2c(Nc3ccc(Oc4ccc5c(c4)ncn5C)c(C)c3)ncnc2c1. The van der Waals surface area contributed by atoms with Crippen molar-refractivity contribution in [3.63, 3.8) is 0 Å². The first kappa shape index (κ1) is 24.9. The molecule has 5 rings (SSSR count). The number of hydrogen-bond acceptors (Lipinski definition) is 8. The molecule has 3 aromatic carbocycles. The van der Waals surface area contributed by atoms with Gasteiger partial charge in [-0.15, -0.1) is 11.8 Å². The standard InChI is InChI=1S/C28H29N5O3S/c1-4-34-18-37-12-11-35-21-6-8-23-24(14-21)29-16-30-28(23)32-20-5-10-27(19(2)13-20)36-22-7-9-26-25(15-22)31-17-33(26)3/h5-10,13-17H,4,11-12,18H2,1-3H3,(H,29,30,32). The average Bonchev–Trinajstić information content (AvgIpc) is 3.27. The van der Waals surface area contributed by atoms with Gasteiger partial charge in [-0.2, -0.15) is 0 Å². The molecule has 0 aliphatic heterocycles. The molecule has 0 aliphatic carbocycles. The van der Waals surface area contributed by atoms with Gasteiger partial charge in [-0.1, -0.05) is 0 Å². The Balaban J connectivity index is 1.26. The Hall–Kier alpha value is -3.82. The monoisotopic (exact) mass is 515 g/mol. The van der Waals surface area contributed by atoms with Gasteiger partial charge in [0.1, 0.15) is 29.4 Å². The molecule has 190 valence electrons. The van der Waals surface area contributed by atoms with Crippen LogP contribution in [0.1, 0.15) is 12.5 Å². The van der Waals surface area contributed by atoms with E-state index in [1.807, 2.05) is 80.1 Å². The van der Waals surface area contributed by atoms with Crippen molar-refractivity contribution in [1.29, 1.82) is 0 Å². The zero-order chi connectivity index (χ0) is 25.6. The lowest BCUT2D eigenvalue weighted by Gasteiger charge is -2.13. The van der Waals surface area contributed by atoms with Crippen LogP contribution in [0, 0.1) is 6.92 Å². The van der Waals surface area contributed by atoms with Gasteiger partial charge in [-0.3, -0.25) is 0 Å². The molecule has 8 nitrogen and oxygen atoms in total. The maximum atomic E-state index is 6.15. The normalized spacial score (nSPS) is 11.2. The summed E-state index contributed by atoms with van der Waals surface area (Å²) in [5, 5.41) is 4.34. The van der Waals surface area contributed by atoms with Crippen molar-refractivity contribution in [1.82, 2.24) is 19.5 Å². The molecule has 0 atom stereocenters. The zero-order valence-corrected chi connectivity index (χ0v) is 21.9. The number of thioether (sulfide) groups is 1. The highest BCUT2D eigenvalue weighted by Gasteiger charge is 2.09. The van der Waals surface area contributed by atoms with Gasteiger partial charge in [0.15, 0.2) is 0 Å². The second-order valence-corrected chi connectivity index (χ2v) is 9.53. The lowest BCUT2D eigenvalue weighted by atomic mass is 10.2. The molecule has 2 heterocycles. The van der Waals surface area contributed by atoms with Crippen molar-refractivity contribution in [2.24, 2.45) is 7.05 Å². The molecule has 0 radical (unpaired) electrons. The average molecular weight is 516 g/mol. The van der Waals surface area contributed by atoms with Crippen molar-refractivity contribution in [3.8, 4) is 17.2 Å². The predicted octanol–water partition coefficient (Wildman–Crippen LogP) is 6.47. The van der Waals surface area contributed by atoms with Crippen LogP contribution in [0.2, 0.25) is 0 Å². The van der Waals surface area contributed by atoms with Gasteiger partial charge in [0.25, 0.3) is 0 Å². The first-order valence-corrected chi connectivity index (χ1v) is 13.3. The maximum absolute atomic E-state index is 6.15. The number of anilines is 2. The van der Waals surface area contributed by atoms with Crippen LogP contribution in [0.3, 0.4) is 0 Å². The second-order valence-electron chi connectivity index (χ2n) is 8.48. The van der Waals surface area contributed by atoms with E-state index in [4.69, 9.17) is 14.2 Å². The number of benzene rings is 3. The Kier molecular flexibility index (Phi) is 7.72. The van der Waals surface area contributed by atoms with E-state index in [0.29, 0.717) is 12.5 Å². The molecule has 9 heteroatoms. The summed E-state index contributed by atoms with van der Waals surface area (Å²) >= 11 is 1.71. The molecule has 1 N–H and O–H groups in total. The number of aryl methyl sites for hydroxylation is 2. The van der Waals surface area contributed by atoms with E-state index in [1.165, 1.54) is 0 Å². The van der Waals surface area contributed by atoms with Crippen LogP contribution in [-0.4, -0.2) is 44.4 Å². The summed E-state index contributed by atoms with van der Waals surface area (Å²) in [5.74, 6) is 4.61. The fraction of sp³-hybridized carbons (Fsp3) is 0.250. The summed E-state index contributed by atoms with van der Waals surface area (Å²) in [6, 6.07) is 17.8. The quantitative estimate of drug-likeness (QED) is 0.158. The molecule has 5 aromatic rings. The summed E-state index contributed by atoms with van der Waals surface area (Å²) in [5.41, 5.74) is 4.70. The number of fused-ring (bicyclic) bond motifs is 2. The molecule has 0 saturated heterocycles. The molecule has 0 spiro atoms. The Morgan fingerprint density at radius 2 is 1.81 bits per heavy atom. The summed E-state index contributed by atoms with van der Waals surface area (Å²) in [4.78, 5) is 13.3. The highest BCUT2D eigenvalue weighted by molar-refractivity contribution is 7.99. The maximum Gasteiger partial charge on any atom is 0.141 e. The summed E-state index contributed by atoms with van der Waals surface area (Å²) in [6.45, 7) is 5.36. The Morgan fingerprint density at radius 3 is 2.68 bits per heavy atom. The topological polar surface area (TPSA) is 83.3 Å². The molecular weight excluding hydrogens is 486 g/mol.